The van der Waals surface area contributed by atoms with E-state index in [-0.39, 0.29) is 36.6 Å². The molecule has 2 heterocycles. The predicted molar refractivity (Wildman–Crippen MR) is 97.4 cm³/mol. The second-order valence-electron chi connectivity index (χ2n) is 6.36. The zero-order valence-corrected chi connectivity index (χ0v) is 15.6. The highest BCUT2D eigenvalue weighted by Crippen LogP contribution is 2.39. The lowest BCUT2D eigenvalue weighted by Crippen LogP contribution is -2.39. The van der Waals surface area contributed by atoms with Crippen molar-refractivity contribution < 1.29 is 19.0 Å². The second kappa shape index (κ2) is 8.74. The number of nitrogens with two attached hydrogens (primary N) is 1. The number of amides is 1. The van der Waals surface area contributed by atoms with Crippen LogP contribution in [0.1, 0.15) is 37.3 Å². The van der Waals surface area contributed by atoms with Gasteiger partial charge in [-0.1, -0.05) is 0 Å². The highest BCUT2D eigenvalue weighted by atomic mass is 35.5. The first kappa shape index (κ1) is 19.8. The molecule has 0 radical (unpaired) electrons. The summed E-state index contributed by atoms with van der Waals surface area (Å²) in [5, 5.41) is 0. The Morgan fingerprint density at radius 2 is 2.08 bits per heavy atom. The molecule has 1 aromatic carbocycles. The number of hydrogen-bond acceptors (Lipinski definition) is 5. The fraction of sp³-hybridized carbons (Fsp3) is 0.611. The first-order chi connectivity index (χ1) is 11.7. The number of halogens is 1. The Labute approximate surface area is 155 Å². The van der Waals surface area contributed by atoms with Crippen molar-refractivity contribution in [2.45, 2.75) is 43.9 Å². The van der Waals surface area contributed by atoms with Crippen LogP contribution in [0.2, 0.25) is 0 Å². The van der Waals surface area contributed by atoms with Crippen molar-refractivity contribution in [3.63, 3.8) is 0 Å². The molecule has 2 saturated heterocycles. The summed E-state index contributed by atoms with van der Waals surface area (Å²) in [6.07, 6.45) is 3.18. The van der Waals surface area contributed by atoms with Crippen LogP contribution < -0.4 is 15.2 Å². The van der Waals surface area contributed by atoms with E-state index in [9.17, 15) is 4.79 Å². The van der Waals surface area contributed by atoms with Gasteiger partial charge in [-0.3, -0.25) is 4.79 Å². The smallest absolute Gasteiger partial charge is 0.252 e. The summed E-state index contributed by atoms with van der Waals surface area (Å²) in [6.45, 7) is 1.23. The third-order valence-corrected chi connectivity index (χ3v) is 4.98. The molecule has 3 atom stereocenters. The Balaban J connectivity index is 0.00000225. The van der Waals surface area contributed by atoms with Gasteiger partial charge in [0.1, 0.15) is 17.6 Å². The molecule has 0 aliphatic carbocycles. The quantitative estimate of drug-likeness (QED) is 0.860. The number of likely N-dealkylation sites (tertiary alicyclic amines) is 1. The minimum absolute atomic E-state index is 0. The molecule has 2 fully saturated rings. The molecule has 140 valence electrons. The third kappa shape index (κ3) is 4.02. The van der Waals surface area contributed by atoms with E-state index in [1.807, 2.05) is 23.1 Å². The highest BCUT2D eigenvalue weighted by molar-refractivity contribution is 5.85. The van der Waals surface area contributed by atoms with E-state index in [0.29, 0.717) is 6.54 Å². The first-order valence-corrected chi connectivity index (χ1v) is 8.55. The molecule has 2 aliphatic rings. The molecule has 1 unspecified atom stereocenters. The molecule has 6 nitrogen and oxygen atoms in total. The largest absolute Gasteiger partial charge is 0.497 e. The molecule has 1 amide bonds. The van der Waals surface area contributed by atoms with Gasteiger partial charge in [-0.25, -0.2) is 0 Å². The standard InChI is InChI=1S/C18H26N2O4.ClH/c1-22-12-5-7-14(17(10-12)23-2)15-4-3-9-20(15)18(21)16-8-6-13(11-19)24-16;/h5,7,10,13,15-16H,3-4,6,8-9,11,19H2,1-2H3;1H/t13-,15?,16+;/m1./s1. The zero-order valence-electron chi connectivity index (χ0n) is 14.8. The minimum Gasteiger partial charge on any atom is -0.497 e. The monoisotopic (exact) mass is 370 g/mol. The molecular formula is C18H27ClN2O4. The van der Waals surface area contributed by atoms with Crippen molar-refractivity contribution in [2.24, 2.45) is 5.73 Å². The van der Waals surface area contributed by atoms with Crippen molar-refractivity contribution in [3.8, 4) is 11.5 Å². The van der Waals surface area contributed by atoms with Gasteiger partial charge < -0.3 is 24.8 Å². The van der Waals surface area contributed by atoms with E-state index >= 15 is 0 Å². The number of carbonyl (C=O) groups excluding carboxylic acids is 1. The third-order valence-electron chi connectivity index (χ3n) is 4.98. The fourth-order valence-corrected chi connectivity index (χ4v) is 3.69. The van der Waals surface area contributed by atoms with Gasteiger partial charge in [-0.05, 0) is 37.8 Å². The number of rotatable bonds is 5. The van der Waals surface area contributed by atoms with Crippen LogP contribution in [0.4, 0.5) is 0 Å². The Hall–Kier alpha value is -1.50. The maximum Gasteiger partial charge on any atom is 0.252 e. The lowest BCUT2D eigenvalue weighted by molar-refractivity contribution is -0.143. The minimum atomic E-state index is -0.358. The number of hydrogen-bond donors (Lipinski definition) is 1. The van der Waals surface area contributed by atoms with Gasteiger partial charge in [-0.15, -0.1) is 12.4 Å². The predicted octanol–water partition coefficient (Wildman–Crippen LogP) is 2.30. The van der Waals surface area contributed by atoms with E-state index in [2.05, 4.69) is 0 Å². The van der Waals surface area contributed by atoms with Crippen molar-refractivity contribution >= 4 is 18.3 Å². The molecule has 0 bridgehead atoms. The summed E-state index contributed by atoms with van der Waals surface area (Å²) in [6, 6.07) is 5.80. The number of carbonyl (C=O) groups is 1. The maximum absolute atomic E-state index is 12.9. The summed E-state index contributed by atoms with van der Waals surface area (Å²) in [7, 11) is 3.27. The molecule has 2 aliphatic heterocycles. The van der Waals surface area contributed by atoms with Crippen molar-refractivity contribution in [3.05, 3.63) is 23.8 Å². The van der Waals surface area contributed by atoms with Gasteiger partial charge in [-0.2, -0.15) is 0 Å². The lowest BCUT2D eigenvalue weighted by atomic mass is 10.0. The number of nitrogens with zero attached hydrogens (tertiary/aromatic N) is 1. The molecule has 25 heavy (non-hydrogen) atoms. The number of ether oxygens (including phenoxy) is 3. The first-order valence-electron chi connectivity index (χ1n) is 8.55. The Morgan fingerprint density at radius 1 is 1.28 bits per heavy atom. The van der Waals surface area contributed by atoms with Gasteiger partial charge in [0.05, 0.1) is 26.4 Å². The fourth-order valence-electron chi connectivity index (χ4n) is 3.69. The number of benzene rings is 1. The maximum atomic E-state index is 12.9. The SMILES string of the molecule is COc1ccc(C2CCCN2C(=O)[C@@H]2CC[C@H](CN)O2)c(OC)c1.Cl. The van der Waals surface area contributed by atoms with Crippen LogP contribution in [0.25, 0.3) is 0 Å². The molecule has 2 N–H and O–H groups in total. The van der Waals surface area contributed by atoms with Gasteiger partial charge in [0.15, 0.2) is 0 Å². The summed E-state index contributed by atoms with van der Waals surface area (Å²) in [5.74, 6) is 1.58. The van der Waals surface area contributed by atoms with E-state index < -0.39 is 0 Å². The molecule has 0 aromatic heterocycles. The summed E-state index contributed by atoms with van der Waals surface area (Å²) in [4.78, 5) is 14.8. The molecular weight excluding hydrogens is 344 g/mol. The average Bonchev–Trinajstić information content (AvgIpc) is 3.29. The second-order valence-corrected chi connectivity index (χ2v) is 6.36. The average molecular weight is 371 g/mol. The molecule has 7 heteroatoms. The van der Waals surface area contributed by atoms with Gasteiger partial charge >= 0.3 is 0 Å². The summed E-state index contributed by atoms with van der Waals surface area (Å²) < 4.78 is 16.6. The molecule has 1 aromatic rings. The van der Waals surface area contributed by atoms with Crippen molar-refractivity contribution in [1.29, 1.82) is 0 Å². The molecule has 3 rings (SSSR count). The Bertz CT molecular complexity index is 598. The van der Waals surface area contributed by atoms with Crippen LogP contribution in [0.5, 0.6) is 11.5 Å². The Kier molecular flexibility index (Phi) is 6.93. The topological polar surface area (TPSA) is 74.0 Å². The summed E-state index contributed by atoms with van der Waals surface area (Å²) in [5.41, 5.74) is 6.68. The number of methoxy groups -OCH3 is 2. The van der Waals surface area contributed by atoms with Crippen molar-refractivity contribution in [2.75, 3.05) is 27.3 Å². The van der Waals surface area contributed by atoms with Crippen LogP contribution in [0, 0.1) is 0 Å². The van der Waals surface area contributed by atoms with Gasteiger partial charge in [0.2, 0.25) is 0 Å². The van der Waals surface area contributed by atoms with Crippen LogP contribution in [0.15, 0.2) is 18.2 Å². The highest BCUT2D eigenvalue weighted by Gasteiger charge is 2.38. The van der Waals surface area contributed by atoms with Crippen LogP contribution >= 0.6 is 12.4 Å². The van der Waals surface area contributed by atoms with Crippen LogP contribution in [-0.4, -0.2) is 50.3 Å². The summed E-state index contributed by atoms with van der Waals surface area (Å²) >= 11 is 0. The molecule has 0 saturated carbocycles. The van der Waals surface area contributed by atoms with Gasteiger partial charge in [0, 0.05) is 24.7 Å². The van der Waals surface area contributed by atoms with Crippen LogP contribution in [-0.2, 0) is 9.53 Å². The van der Waals surface area contributed by atoms with E-state index in [1.165, 1.54) is 0 Å². The van der Waals surface area contributed by atoms with Crippen LogP contribution in [0.3, 0.4) is 0 Å². The van der Waals surface area contributed by atoms with E-state index in [4.69, 9.17) is 19.9 Å². The van der Waals surface area contributed by atoms with E-state index in [1.54, 1.807) is 14.2 Å². The normalized spacial score (nSPS) is 25.6. The Morgan fingerprint density at radius 3 is 2.72 bits per heavy atom. The van der Waals surface area contributed by atoms with Gasteiger partial charge in [0.25, 0.3) is 5.91 Å². The molecule has 0 spiro atoms. The zero-order chi connectivity index (χ0) is 17.1. The lowest BCUT2D eigenvalue weighted by Gasteiger charge is -2.28. The van der Waals surface area contributed by atoms with Crippen molar-refractivity contribution in [1.82, 2.24) is 4.90 Å². The van der Waals surface area contributed by atoms with E-state index in [0.717, 1.165) is 49.3 Å².